The molecule has 5 heteroatoms. The second kappa shape index (κ2) is 7.11. The lowest BCUT2D eigenvalue weighted by molar-refractivity contribution is 0.313. The van der Waals surface area contributed by atoms with Gasteiger partial charge in [0.15, 0.2) is 0 Å². The quantitative estimate of drug-likeness (QED) is 0.901. The van der Waals surface area contributed by atoms with E-state index in [4.69, 9.17) is 11.6 Å². The molecule has 0 amide bonds. The highest BCUT2D eigenvalue weighted by molar-refractivity contribution is 6.32. The Labute approximate surface area is 125 Å². The van der Waals surface area contributed by atoms with E-state index in [2.05, 4.69) is 17.3 Å². The molecule has 1 saturated carbocycles. The number of nitrogens with one attached hydrogen (secondary N) is 1. The van der Waals surface area contributed by atoms with E-state index >= 15 is 0 Å². The van der Waals surface area contributed by atoms with Crippen LogP contribution in [0.2, 0.25) is 5.02 Å². The van der Waals surface area contributed by atoms with Crippen molar-refractivity contribution in [1.29, 1.82) is 0 Å². The predicted octanol–water partition coefficient (Wildman–Crippen LogP) is 3.69. The topological polar surface area (TPSA) is 46.9 Å². The number of aryl methyl sites for hydroxylation is 1. The number of rotatable bonds is 5. The van der Waals surface area contributed by atoms with E-state index in [9.17, 15) is 4.79 Å². The standard InChI is InChI=1S/C15H24ClN3O/c1-3-12(11-8-6-5-7-9-11)18-13-10-17-19(4-2)15(20)14(13)16/h10-12,18H,3-9H2,1-2H3. The number of aromatic nitrogens is 2. The van der Waals surface area contributed by atoms with Crippen LogP contribution in [0.3, 0.4) is 0 Å². The second-order valence-corrected chi connectivity index (χ2v) is 5.93. The van der Waals surface area contributed by atoms with Gasteiger partial charge in [-0.15, -0.1) is 0 Å². The summed E-state index contributed by atoms with van der Waals surface area (Å²) in [6.07, 6.45) is 9.22. The van der Waals surface area contributed by atoms with E-state index in [1.807, 2.05) is 6.92 Å². The van der Waals surface area contributed by atoms with Crippen molar-refractivity contribution in [3.8, 4) is 0 Å². The zero-order valence-corrected chi connectivity index (χ0v) is 13.1. The van der Waals surface area contributed by atoms with Crippen LogP contribution >= 0.6 is 11.6 Å². The molecule has 1 N–H and O–H groups in total. The summed E-state index contributed by atoms with van der Waals surface area (Å²) < 4.78 is 1.38. The van der Waals surface area contributed by atoms with E-state index in [0.29, 0.717) is 24.2 Å². The first-order valence-electron chi connectivity index (χ1n) is 7.69. The maximum atomic E-state index is 12.0. The summed E-state index contributed by atoms with van der Waals surface area (Å²) in [5, 5.41) is 7.86. The van der Waals surface area contributed by atoms with Crippen molar-refractivity contribution in [2.24, 2.45) is 5.92 Å². The smallest absolute Gasteiger partial charge is 0.287 e. The van der Waals surface area contributed by atoms with Crippen molar-refractivity contribution in [2.45, 2.75) is 65.0 Å². The Balaban J connectivity index is 2.15. The lowest BCUT2D eigenvalue weighted by atomic mass is 9.83. The van der Waals surface area contributed by atoms with Gasteiger partial charge in [0.05, 0.1) is 11.9 Å². The minimum atomic E-state index is -0.210. The lowest BCUT2D eigenvalue weighted by Crippen LogP contribution is -2.32. The molecule has 0 spiro atoms. The average molecular weight is 298 g/mol. The third-order valence-electron chi connectivity index (χ3n) is 4.28. The maximum absolute atomic E-state index is 12.0. The van der Waals surface area contributed by atoms with E-state index in [1.54, 1.807) is 6.20 Å². The van der Waals surface area contributed by atoms with Gasteiger partial charge in [0.2, 0.25) is 0 Å². The van der Waals surface area contributed by atoms with Crippen LogP contribution in [0.1, 0.15) is 52.4 Å². The fourth-order valence-electron chi connectivity index (χ4n) is 3.08. The summed E-state index contributed by atoms with van der Waals surface area (Å²) in [5.74, 6) is 0.679. The summed E-state index contributed by atoms with van der Waals surface area (Å²) >= 11 is 6.18. The third kappa shape index (κ3) is 3.35. The van der Waals surface area contributed by atoms with Gasteiger partial charge in [-0.05, 0) is 32.1 Å². The SMILES string of the molecule is CCC(Nc1cnn(CC)c(=O)c1Cl)C1CCCCC1. The number of hydrogen-bond donors (Lipinski definition) is 1. The molecule has 20 heavy (non-hydrogen) atoms. The molecule has 1 aromatic rings. The molecule has 0 radical (unpaired) electrons. The van der Waals surface area contributed by atoms with Crippen LogP contribution in [0, 0.1) is 5.92 Å². The van der Waals surface area contributed by atoms with Gasteiger partial charge in [0.1, 0.15) is 5.02 Å². The molecule has 1 atom stereocenters. The molecule has 112 valence electrons. The molecule has 1 aromatic heterocycles. The Kier molecular flexibility index (Phi) is 5.46. The van der Waals surface area contributed by atoms with Crippen LogP contribution < -0.4 is 10.9 Å². The van der Waals surface area contributed by atoms with Crippen LogP contribution in [0.25, 0.3) is 0 Å². The molecule has 4 nitrogen and oxygen atoms in total. The molecule has 1 unspecified atom stereocenters. The normalized spacial score (nSPS) is 17.9. The highest BCUT2D eigenvalue weighted by atomic mass is 35.5. The van der Waals surface area contributed by atoms with E-state index in [1.165, 1.54) is 36.8 Å². The largest absolute Gasteiger partial charge is 0.379 e. The van der Waals surface area contributed by atoms with Gasteiger partial charge in [0, 0.05) is 12.6 Å². The first kappa shape index (κ1) is 15.4. The van der Waals surface area contributed by atoms with Crippen molar-refractivity contribution >= 4 is 17.3 Å². The minimum absolute atomic E-state index is 0.210. The van der Waals surface area contributed by atoms with Crippen molar-refractivity contribution in [1.82, 2.24) is 9.78 Å². The van der Waals surface area contributed by atoms with Crippen molar-refractivity contribution in [3.63, 3.8) is 0 Å². The number of anilines is 1. The van der Waals surface area contributed by atoms with Gasteiger partial charge >= 0.3 is 0 Å². The molecular formula is C15H24ClN3O. The Hall–Kier alpha value is -1.03. The van der Waals surface area contributed by atoms with Crippen LogP contribution in [0.5, 0.6) is 0 Å². The van der Waals surface area contributed by atoms with Gasteiger partial charge < -0.3 is 5.32 Å². The van der Waals surface area contributed by atoms with Crippen LogP contribution in [0.4, 0.5) is 5.69 Å². The summed E-state index contributed by atoms with van der Waals surface area (Å²) in [6.45, 7) is 4.61. The third-order valence-corrected chi connectivity index (χ3v) is 4.65. The van der Waals surface area contributed by atoms with Crippen molar-refractivity contribution < 1.29 is 0 Å². The molecule has 2 rings (SSSR count). The molecule has 1 heterocycles. The van der Waals surface area contributed by atoms with E-state index in [-0.39, 0.29) is 10.6 Å². The minimum Gasteiger partial charge on any atom is -0.379 e. The zero-order chi connectivity index (χ0) is 14.5. The van der Waals surface area contributed by atoms with Gasteiger partial charge in [-0.25, -0.2) is 4.68 Å². The molecule has 0 saturated heterocycles. The first-order chi connectivity index (χ1) is 9.67. The van der Waals surface area contributed by atoms with Gasteiger partial charge in [-0.1, -0.05) is 37.8 Å². The van der Waals surface area contributed by atoms with Crippen LogP contribution in [-0.2, 0) is 6.54 Å². The highest BCUT2D eigenvalue weighted by Crippen LogP contribution is 2.30. The van der Waals surface area contributed by atoms with Gasteiger partial charge in [-0.3, -0.25) is 4.79 Å². The first-order valence-corrected chi connectivity index (χ1v) is 8.07. The summed E-state index contributed by atoms with van der Waals surface area (Å²) in [6, 6.07) is 0.381. The second-order valence-electron chi connectivity index (χ2n) is 5.55. The molecule has 1 aliphatic carbocycles. The highest BCUT2D eigenvalue weighted by Gasteiger charge is 2.23. The fraction of sp³-hybridized carbons (Fsp3) is 0.733. The molecule has 1 aliphatic rings. The van der Waals surface area contributed by atoms with Crippen LogP contribution in [-0.4, -0.2) is 15.8 Å². The van der Waals surface area contributed by atoms with Crippen molar-refractivity contribution in [2.75, 3.05) is 5.32 Å². The summed E-state index contributed by atoms with van der Waals surface area (Å²) in [7, 11) is 0. The van der Waals surface area contributed by atoms with Gasteiger partial charge in [-0.2, -0.15) is 5.10 Å². The van der Waals surface area contributed by atoms with E-state index in [0.717, 1.165) is 6.42 Å². The number of halogens is 1. The maximum Gasteiger partial charge on any atom is 0.287 e. The monoisotopic (exact) mass is 297 g/mol. The number of hydrogen-bond acceptors (Lipinski definition) is 3. The number of nitrogens with zero attached hydrogens (tertiary/aromatic N) is 2. The summed E-state index contributed by atoms with van der Waals surface area (Å²) in [5.41, 5.74) is 0.469. The molecule has 1 fully saturated rings. The Morgan fingerprint density at radius 3 is 2.70 bits per heavy atom. The molecular weight excluding hydrogens is 274 g/mol. The Morgan fingerprint density at radius 1 is 1.40 bits per heavy atom. The zero-order valence-electron chi connectivity index (χ0n) is 12.4. The Bertz CT molecular complexity index is 494. The van der Waals surface area contributed by atoms with Crippen molar-refractivity contribution in [3.05, 3.63) is 21.6 Å². The average Bonchev–Trinajstić information content (AvgIpc) is 2.50. The fourth-order valence-corrected chi connectivity index (χ4v) is 3.28. The molecule has 0 aromatic carbocycles. The predicted molar refractivity (Wildman–Crippen MR) is 83.5 cm³/mol. The van der Waals surface area contributed by atoms with Gasteiger partial charge in [0.25, 0.3) is 5.56 Å². The van der Waals surface area contributed by atoms with Crippen LogP contribution in [0.15, 0.2) is 11.0 Å². The molecule has 0 aliphatic heterocycles. The van der Waals surface area contributed by atoms with E-state index < -0.39 is 0 Å². The molecule has 0 bridgehead atoms. The summed E-state index contributed by atoms with van der Waals surface area (Å²) in [4.78, 5) is 12.0. The lowest BCUT2D eigenvalue weighted by Gasteiger charge is -2.31. The Morgan fingerprint density at radius 2 is 2.10 bits per heavy atom.